The maximum atomic E-state index is 12.9. The number of alkyl halides is 3. The number of hydrogen-bond acceptors (Lipinski definition) is 5. The summed E-state index contributed by atoms with van der Waals surface area (Å²) in [5, 5.41) is 2.77. The van der Waals surface area contributed by atoms with Crippen LogP contribution in [0.2, 0.25) is 0 Å². The molecule has 0 radical (unpaired) electrons. The van der Waals surface area contributed by atoms with Crippen molar-refractivity contribution in [1.29, 1.82) is 0 Å². The Morgan fingerprint density at radius 3 is 2.81 bits per heavy atom. The average molecular weight is 377 g/mol. The number of benzene rings is 1. The lowest BCUT2D eigenvalue weighted by Crippen LogP contribution is -2.35. The third-order valence-electron chi connectivity index (χ3n) is 4.32. The number of amides is 1. The minimum Gasteiger partial charge on any atom is -0.371 e. The Labute approximate surface area is 151 Å². The normalized spacial score (nSPS) is 16.9. The van der Waals surface area contributed by atoms with E-state index in [2.05, 4.69) is 20.3 Å². The molecule has 0 spiro atoms. The lowest BCUT2D eigenvalue weighted by molar-refractivity contribution is -0.137. The van der Waals surface area contributed by atoms with Crippen molar-refractivity contribution in [1.82, 2.24) is 24.8 Å². The van der Waals surface area contributed by atoms with Gasteiger partial charge in [0.15, 0.2) is 0 Å². The Morgan fingerprint density at radius 2 is 2.07 bits per heavy atom. The van der Waals surface area contributed by atoms with Crippen LogP contribution in [0.5, 0.6) is 0 Å². The zero-order valence-corrected chi connectivity index (χ0v) is 13.9. The molecule has 3 heterocycles. The van der Waals surface area contributed by atoms with Crippen molar-refractivity contribution in [2.45, 2.75) is 18.8 Å². The highest BCUT2D eigenvalue weighted by Gasteiger charge is 2.32. The van der Waals surface area contributed by atoms with Crippen molar-refractivity contribution in [2.24, 2.45) is 0 Å². The van der Waals surface area contributed by atoms with Crippen LogP contribution in [0.25, 0.3) is 11.0 Å². The van der Waals surface area contributed by atoms with Gasteiger partial charge in [-0.25, -0.2) is 15.0 Å². The second-order valence-corrected chi connectivity index (χ2v) is 6.11. The molecule has 1 aliphatic rings. The molecule has 0 bridgehead atoms. The number of hydrogen-bond donors (Lipinski definition) is 1. The number of ether oxygens (including phenoxy) is 1. The summed E-state index contributed by atoms with van der Waals surface area (Å²) in [6.45, 7) is 0.741. The van der Waals surface area contributed by atoms with E-state index in [1.54, 1.807) is 0 Å². The monoisotopic (exact) mass is 377 g/mol. The number of fused-ring (bicyclic) bond motifs is 3. The molecule has 2 aromatic heterocycles. The second-order valence-electron chi connectivity index (χ2n) is 6.11. The molecule has 1 aliphatic heterocycles. The van der Waals surface area contributed by atoms with Crippen LogP contribution in [0.3, 0.4) is 0 Å². The van der Waals surface area contributed by atoms with E-state index in [-0.39, 0.29) is 30.6 Å². The first kappa shape index (κ1) is 17.4. The van der Waals surface area contributed by atoms with Crippen LogP contribution >= 0.6 is 0 Å². The molecule has 0 aliphatic carbocycles. The first-order chi connectivity index (χ1) is 12.9. The van der Waals surface area contributed by atoms with Crippen molar-refractivity contribution in [2.75, 3.05) is 13.2 Å². The third-order valence-corrected chi connectivity index (χ3v) is 4.32. The van der Waals surface area contributed by atoms with E-state index in [1.165, 1.54) is 24.8 Å². The number of aromatic nitrogens is 4. The summed E-state index contributed by atoms with van der Waals surface area (Å²) in [5.74, 6) is 0.185. The van der Waals surface area contributed by atoms with Crippen LogP contribution in [0.1, 0.15) is 27.8 Å². The summed E-state index contributed by atoms with van der Waals surface area (Å²) in [4.78, 5) is 24.0. The SMILES string of the molecule is O=C(NCC1COCc2nc3cc(C(F)(F)F)ccc3n21)c1cncnc1. The quantitative estimate of drug-likeness (QED) is 0.758. The highest BCUT2D eigenvalue weighted by atomic mass is 19.4. The predicted molar refractivity (Wildman–Crippen MR) is 87.8 cm³/mol. The van der Waals surface area contributed by atoms with Gasteiger partial charge < -0.3 is 14.6 Å². The van der Waals surface area contributed by atoms with Crippen LogP contribution in [-0.4, -0.2) is 38.6 Å². The van der Waals surface area contributed by atoms with Gasteiger partial charge >= 0.3 is 6.18 Å². The molecule has 0 saturated carbocycles. The van der Waals surface area contributed by atoms with Crippen molar-refractivity contribution in [3.8, 4) is 0 Å². The molecule has 1 atom stereocenters. The van der Waals surface area contributed by atoms with E-state index in [9.17, 15) is 18.0 Å². The number of nitrogens with zero attached hydrogens (tertiary/aromatic N) is 4. The summed E-state index contributed by atoms with van der Waals surface area (Å²) >= 11 is 0. The van der Waals surface area contributed by atoms with E-state index in [0.717, 1.165) is 12.1 Å². The highest BCUT2D eigenvalue weighted by molar-refractivity contribution is 5.93. The molecule has 1 amide bonds. The van der Waals surface area contributed by atoms with Crippen molar-refractivity contribution >= 4 is 16.9 Å². The first-order valence-electron chi connectivity index (χ1n) is 8.12. The number of carbonyl (C=O) groups excluding carboxylic acids is 1. The Kier molecular flexibility index (Phi) is 4.27. The zero-order chi connectivity index (χ0) is 19.0. The Bertz CT molecular complexity index is 987. The smallest absolute Gasteiger partial charge is 0.371 e. The Hall–Kier alpha value is -3.01. The standard InChI is InChI=1S/C17H14F3N5O2/c18-17(19,20)11-1-2-14-13(3-11)24-15-8-27-7-12(25(14)15)6-23-16(26)10-4-21-9-22-5-10/h1-5,9,12H,6-8H2,(H,23,26). The Morgan fingerprint density at radius 1 is 1.30 bits per heavy atom. The van der Waals surface area contributed by atoms with Crippen molar-refractivity contribution in [3.63, 3.8) is 0 Å². The molecule has 0 saturated heterocycles. The maximum absolute atomic E-state index is 12.9. The summed E-state index contributed by atoms with van der Waals surface area (Å²) in [5.41, 5.74) is 0.391. The van der Waals surface area contributed by atoms with E-state index < -0.39 is 11.7 Å². The van der Waals surface area contributed by atoms with Gasteiger partial charge in [0.1, 0.15) is 18.8 Å². The lowest BCUT2D eigenvalue weighted by atomic mass is 10.2. The van der Waals surface area contributed by atoms with Gasteiger partial charge in [0.05, 0.1) is 34.8 Å². The number of halogens is 3. The fourth-order valence-electron chi connectivity index (χ4n) is 3.07. The van der Waals surface area contributed by atoms with Gasteiger partial charge in [0, 0.05) is 18.9 Å². The average Bonchev–Trinajstić information content (AvgIpc) is 3.04. The van der Waals surface area contributed by atoms with Gasteiger partial charge in [0.25, 0.3) is 5.91 Å². The molecule has 140 valence electrons. The Balaban J connectivity index is 1.60. The number of imidazole rings is 1. The molecular formula is C17H14F3N5O2. The molecule has 27 heavy (non-hydrogen) atoms. The van der Waals surface area contributed by atoms with Gasteiger partial charge in [-0.3, -0.25) is 4.79 Å². The van der Waals surface area contributed by atoms with Crippen LogP contribution in [0.15, 0.2) is 36.9 Å². The van der Waals surface area contributed by atoms with Crippen LogP contribution in [0, 0.1) is 0 Å². The molecule has 4 rings (SSSR count). The molecule has 7 nitrogen and oxygen atoms in total. The minimum absolute atomic E-state index is 0.201. The second kappa shape index (κ2) is 6.62. The molecule has 0 fully saturated rings. The van der Waals surface area contributed by atoms with Gasteiger partial charge in [-0.2, -0.15) is 13.2 Å². The summed E-state index contributed by atoms with van der Waals surface area (Å²) < 4.78 is 46.1. The molecule has 1 aromatic carbocycles. The molecule has 3 aromatic rings. The van der Waals surface area contributed by atoms with Crippen LogP contribution in [0.4, 0.5) is 13.2 Å². The number of rotatable bonds is 3. The van der Waals surface area contributed by atoms with Gasteiger partial charge in [0.2, 0.25) is 0 Å². The summed E-state index contributed by atoms with van der Waals surface area (Å²) in [6.07, 6.45) is -0.308. The van der Waals surface area contributed by atoms with E-state index in [1.807, 2.05) is 4.57 Å². The number of carbonyl (C=O) groups is 1. The largest absolute Gasteiger partial charge is 0.416 e. The molecular weight excluding hydrogens is 363 g/mol. The maximum Gasteiger partial charge on any atom is 0.416 e. The van der Waals surface area contributed by atoms with Gasteiger partial charge in [-0.15, -0.1) is 0 Å². The van der Waals surface area contributed by atoms with E-state index in [4.69, 9.17) is 4.74 Å². The fraction of sp³-hybridized carbons (Fsp3) is 0.294. The van der Waals surface area contributed by atoms with Crippen LogP contribution < -0.4 is 5.32 Å². The highest BCUT2D eigenvalue weighted by Crippen LogP contribution is 2.33. The summed E-state index contributed by atoms with van der Waals surface area (Å²) in [6, 6.07) is 3.17. The van der Waals surface area contributed by atoms with E-state index >= 15 is 0 Å². The molecule has 1 N–H and O–H groups in total. The summed E-state index contributed by atoms with van der Waals surface area (Å²) in [7, 11) is 0. The topological polar surface area (TPSA) is 81.9 Å². The first-order valence-corrected chi connectivity index (χ1v) is 8.12. The number of nitrogens with one attached hydrogen (secondary N) is 1. The van der Waals surface area contributed by atoms with E-state index in [0.29, 0.717) is 23.5 Å². The van der Waals surface area contributed by atoms with Crippen LogP contribution in [-0.2, 0) is 17.5 Å². The third kappa shape index (κ3) is 3.35. The van der Waals surface area contributed by atoms with Gasteiger partial charge in [-0.05, 0) is 18.2 Å². The zero-order valence-electron chi connectivity index (χ0n) is 13.9. The fourth-order valence-corrected chi connectivity index (χ4v) is 3.07. The van der Waals surface area contributed by atoms with Gasteiger partial charge in [-0.1, -0.05) is 0 Å². The predicted octanol–water partition coefficient (Wildman–Crippen LogP) is 2.35. The van der Waals surface area contributed by atoms with Crippen molar-refractivity contribution in [3.05, 3.63) is 53.9 Å². The molecule has 10 heteroatoms. The van der Waals surface area contributed by atoms with Crippen molar-refractivity contribution < 1.29 is 22.7 Å². The molecule has 1 unspecified atom stereocenters. The minimum atomic E-state index is -4.43. The lowest BCUT2D eigenvalue weighted by Gasteiger charge is -2.26.